The summed E-state index contributed by atoms with van der Waals surface area (Å²) in [6, 6.07) is 16.6. The van der Waals surface area contributed by atoms with Crippen LogP contribution in [-0.2, 0) is 0 Å². The van der Waals surface area contributed by atoms with E-state index in [0.717, 1.165) is 5.56 Å². The molecule has 0 aliphatic carbocycles. The number of rotatable bonds is 0. The van der Waals surface area contributed by atoms with Gasteiger partial charge in [-0.2, -0.15) is 5.26 Å². The van der Waals surface area contributed by atoms with Crippen molar-refractivity contribution in [3.8, 4) is 6.07 Å². The van der Waals surface area contributed by atoms with Crippen LogP contribution < -0.4 is 0 Å². The van der Waals surface area contributed by atoms with Gasteiger partial charge in [-0.3, -0.25) is 0 Å². The average molecular weight is 263 g/mol. The average Bonchev–Trinajstić information content (AvgIpc) is 2.56. The molecule has 0 radical (unpaired) electrons. The zero-order valence-electron chi connectivity index (χ0n) is 10.9. The molecule has 1 heterocycles. The van der Waals surface area contributed by atoms with Gasteiger partial charge in [-0.1, -0.05) is 30.0 Å². The van der Waals surface area contributed by atoms with Crippen LogP contribution >= 0.6 is 11.8 Å². The maximum atomic E-state index is 9.06. The van der Waals surface area contributed by atoms with E-state index in [9.17, 15) is 0 Å². The highest BCUT2D eigenvalue weighted by Crippen LogP contribution is 2.43. The van der Waals surface area contributed by atoms with Crippen LogP contribution in [0.4, 0.5) is 0 Å². The van der Waals surface area contributed by atoms with E-state index in [4.69, 9.17) is 5.26 Å². The quantitative estimate of drug-likeness (QED) is 0.669. The van der Waals surface area contributed by atoms with E-state index in [1.54, 1.807) is 11.8 Å². The third-order valence-corrected chi connectivity index (χ3v) is 4.74. The number of allylic oxidation sites excluding steroid dienone is 2. The lowest BCUT2D eigenvalue weighted by atomic mass is 9.96. The molecule has 19 heavy (non-hydrogen) atoms. The minimum atomic E-state index is 0.720. The van der Waals surface area contributed by atoms with Gasteiger partial charge in [0.25, 0.3) is 0 Å². The molecule has 92 valence electrons. The Labute approximate surface area is 117 Å². The number of benzene rings is 2. The Morgan fingerprint density at radius 3 is 2.37 bits per heavy atom. The molecule has 0 unspecified atom stereocenters. The molecular formula is C17H13NS. The molecular weight excluding hydrogens is 250 g/mol. The van der Waals surface area contributed by atoms with Gasteiger partial charge >= 0.3 is 0 Å². The summed E-state index contributed by atoms with van der Waals surface area (Å²) in [6.07, 6.45) is 0. The van der Waals surface area contributed by atoms with Crippen LogP contribution in [0.25, 0.3) is 11.1 Å². The fraction of sp³-hybridized carbons (Fsp3) is 0.118. The molecule has 0 saturated carbocycles. The van der Waals surface area contributed by atoms with Crippen LogP contribution in [-0.4, -0.2) is 0 Å². The second kappa shape index (κ2) is 4.60. The zero-order valence-corrected chi connectivity index (χ0v) is 11.7. The summed E-state index contributed by atoms with van der Waals surface area (Å²) in [5.74, 6) is 0. The van der Waals surface area contributed by atoms with Crippen LogP contribution in [0.15, 0.2) is 52.3 Å². The normalized spacial score (nSPS) is 13.3. The van der Waals surface area contributed by atoms with Crippen molar-refractivity contribution >= 4 is 22.9 Å². The fourth-order valence-electron chi connectivity index (χ4n) is 2.37. The molecule has 0 amide bonds. The minimum absolute atomic E-state index is 0.720. The van der Waals surface area contributed by atoms with Crippen LogP contribution in [0.5, 0.6) is 0 Å². The van der Waals surface area contributed by atoms with E-state index in [0.29, 0.717) is 0 Å². The van der Waals surface area contributed by atoms with E-state index in [-0.39, 0.29) is 0 Å². The number of hydrogen-bond acceptors (Lipinski definition) is 2. The number of nitrogens with zero attached hydrogens (tertiary/aromatic N) is 1. The highest BCUT2D eigenvalue weighted by Gasteiger charge is 2.17. The second-order valence-electron chi connectivity index (χ2n) is 4.67. The molecule has 0 bridgehead atoms. The summed E-state index contributed by atoms with van der Waals surface area (Å²) in [5.41, 5.74) is 5.73. The van der Waals surface area contributed by atoms with Crippen molar-refractivity contribution in [1.82, 2.24) is 0 Å². The van der Waals surface area contributed by atoms with Gasteiger partial charge in [-0.25, -0.2) is 0 Å². The smallest absolute Gasteiger partial charge is 0.0991 e. The first-order valence-electron chi connectivity index (χ1n) is 6.20. The Hall–Kier alpha value is -1.98. The molecule has 0 aromatic heterocycles. The van der Waals surface area contributed by atoms with Crippen LogP contribution in [0.1, 0.15) is 30.5 Å². The van der Waals surface area contributed by atoms with Crippen molar-refractivity contribution in [2.45, 2.75) is 23.6 Å². The molecule has 0 spiro atoms. The Morgan fingerprint density at radius 1 is 0.895 bits per heavy atom. The number of nitriles is 1. The van der Waals surface area contributed by atoms with E-state index < -0.39 is 0 Å². The number of fused-ring (bicyclic) bond motifs is 2. The van der Waals surface area contributed by atoms with Crippen molar-refractivity contribution in [2.75, 3.05) is 0 Å². The second-order valence-corrected chi connectivity index (χ2v) is 5.75. The molecule has 0 fully saturated rings. The first-order chi connectivity index (χ1) is 9.20. The number of hydrogen-bond donors (Lipinski definition) is 0. The third-order valence-electron chi connectivity index (χ3n) is 3.59. The molecule has 0 saturated heterocycles. The monoisotopic (exact) mass is 263 g/mol. The van der Waals surface area contributed by atoms with Crippen LogP contribution in [0.2, 0.25) is 0 Å². The Kier molecular flexibility index (Phi) is 2.93. The molecule has 1 aliphatic heterocycles. The summed E-state index contributed by atoms with van der Waals surface area (Å²) in [6.45, 7) is 4.29. The molecule has 0 N–H and O–H groups in total. The lowest BCUT2D eigenvalue weighted by molar-refractivity contribution is 1.35. The third kappa shape index (κ3) is 1.97. The molecule has 2 aromatic rings. The summed E-state index contributed by atoms with van der Waals surface area (Å²) in [4.78, 5) is 2.50. The molecule has 2 aromatic carbocycles. The van der Waals surface area contributed by atoms with E-state index in [2.05, 4.69) is 50.2 Å². The molecule has 1 aliphatic rings. The predicted molar refractivity (Wildman–Crippen MR) is 79.9 cm³/mol. The van der Waals surface area contributed by atoms with Crippen molar-refractivity contribution < 1.29 is 0 Å². The fourth-order valence-corrected chi connectivity index (χ4v) is 3.54. The molecule has 3 rings (SSSR count). The minimum Gasteiger partial charge on any atom is -0.192 e. The van der Waals surface area contributed by atoms with Gasteiger partial charge in [0.2, 0.25) is 0 Å². The lowest BCUT2D eigenvalue weighted by Gasteiger charge is -2.08. The van der Waals surface area contributed by atoms with Gasteiger partial charge in [0.1, 0.15) is 0 Å². The highest BCUT2D eigenvalue weighted by molar-refractivity contribution is 7.99. The largest absolute Gasteiger partial charge is 0.192 e. The van der Waals surface area contributed by atoms with E-state index in [1.165, 1.54) is 32.1 Å². The van der Waals surface area contributed by atoms with Gasteiger partial charge < -0.3 is 0 Å². The standard InChI is InChI=1S/C17H13NS/c1-11-12(2)15-9-13(10-18)7-8-17(15)19-16-6-4-3-5-14(11)16/h3-9H,1-2H3. The highest BCUT2D eigenvalue weighted by atomic mass is 32.2. The van der Waals surface area contributed by atoms with Crippen LogP contribution in [0.3, 0.4) is 0 Å². The Balaban J connectivity index is 2.30. The molecule has 1 nitrogen and oxygen atoms in total. The van der Waals surface area contributed by atoms with E-state index >= 15 is 0 Å². The van der Waals surface area contributed by atoms with Crippen LogP contribution in [0, 0.1) is 11.3 Å². The zero-order chi connectivity index (χ0) is 13.4. The Morgan fingerprint density at radius 2 is 1.58 bits per heavy atom. The van der Waals surface area contributed by atoms with Gasteiger partial charge in [-0.05, 0) is 60.4 Å². The first-order valence-corrected chi connectivity index (χ1v) is 7.01. The topological polar surface area (TPSA) is 23.8 Å². The van der Waals surface area contributed by atoms with Gasteiger partial charge in [-0.15, -0.1) is 0 Å². The van der Waals surface area contributed by atoms with Crippen molar-refractivity contribution in [3.63, 3.8) is 0 Å². The first kappa shape index (κ1) is 12.1. The van der Waals surface area contributed by atoms with Gasteiger partial charge in [0, 0.05) is 9.79 Å². The SMILES string of the molecule is CC1=C(C)c2cc(C#N)ccc2Sc2ccccc21. The van der Waals surface area contributed by atoms with Crippen molar-refractivity contribution in [1.29, 1.82) is 5.26 Å². The summed E-state index contributed by atoms with van der Waals surface area (Å²) < 4.78 is 0. The summed E-state index contributed by atoms with van der Waals surface area (Å²) >= 11 is 1.78. The molecule has 2 heteroatoms. The summed E-state index contributed by atoms with van der Waals surface area (Å²) in [5, 5.41) is 9.06. The summed E-state index contributed by atoms with van der Waals surface area (Å²) in [7, 11) is 0. The lowest BCUT2D eigenvalue weighted by Crippen LogP contribution is -1.87. The van der Waals surface area contributed by atoms with Gasteiger partial charge in [0.15, 0.2) is 0 Å². The maximum Gasteiger partial charge on any atom is 0.0991 e. The van der Waals surface area contributed by atoms with Gasteiger partial charge in [0.05, 0.1) is 11.6 Å². The maximum absolute atomic E-state index is 9.06. The van der Waals surface area contributed by atoms with Crippen molar-refractivity contribution in [2.24, 2.45) is 0 Å². The van der Waals surface area contributed by atoms with Crippen molar-refractivity contribution in [3.05, 3.63) is 59.2 Å². The predicted octanol–water partition coefficient (Wildman–Crippen LogP) is 4.97. The van der Waals surface area contributed by atoms with E-state index in [1.807, 2.05) is 12.1 Å². The Bertz CT molecular complexity index is 735. The molecule has 0 atom stereocenters.